The summed E-state index contributed by atoms with van der Waals surface area (Å²) in [5.41, 5.74) is 4.58. The van der Waals surface area contributed by atoms with Gasteiger partial charge in [-0.3, -0.25) is 4.79 Å². The number of methoxy groups -OCH3 is 2. The number of amides is 1. The zero-order chi connectivity index (χ0) is 25.4. The first-order valence-electron chi connectivity index (χ1n) is 11.7. The molecule has 0 bridgehead atoms. The number of nitrogens with zero attached hydrogens (tertiary/aromatic N) is 2. The maximum absolute atomic E-state index is 12.9. The Morgan fingerprint density at radius 2 is 2.03 bits per heavy atom. The molecule has 0 aliphatic rings. The molecule has 0 fully saturated rings. The first-order chi connectivity index (χ1) is 16.9. The molecule has 0 saturated carbocycles. The summed E-state index contributed by atoms with van der Waals surface area (Å²) < 4.78 is 10.6. The van der Waals surface area contributed by atoms with E-state index >= 15 is 0 Å². The topological polar surface area (TPSA) is 100 Å². The van der Waals surface area contributed by atoms with E-state index in [1.807, 2.05) is 38.2 Å². The number of fused-ring (bicyclic) bond motifs is 1. The van der Waals surface area contributed by atoms with Crippen LogP contribution in [0.4, 0.5) is 0 Å². The third kappa shape index (κ3) is 5.90. The summed E-state index contributed by atoms with van der Waals surface area (Å²) in [5, 5.41) is 13.5. The SMILES string of the molecule is C/C=C(\CCCC)c1cnc2[nH]cc(/C=C(\C#N)C(=O)N[C@H](C)c3ccc(OC)c(OC)c3)c2c1. The molecule has 0 spiro atoms. The average Bonchev–Trinajstić information content (AvgIpc) is 3.29. The zero-order valence-electron chi connectivity index (χ0n) is 20.9. The Morgan fingerprint density at radius 3 is 2.69 bits per heavy atom. The molecule has 1 aromatic carbocycles. The fourth-order valence-corrected chi connectivity index (χ4v) is 3.93. The molecule has 2 aromatic heterocycles. The molecule has 0 unspecified atom stereocenters. The highest BCUT2D eigenvalue weighted by atomic mass is 16.5. The quantitative estimate of drug-likeness (QED) is 0.280. The summed E-state index contributed by atoms with van der Waals surface area (Å²) in [6.07, 6.45) is 10.6. The summed E-state index contributed by atoms with van der Waals surface area (Å²) in [6.45, 7) is 6.06. The zero-order valence-corrected chi connectivity index (χ0v) is 20.9. The van der Waals surface area contributed by atoms with Crippen LogP contribution in [0.25, 0.3) is 22.7 Å². The number of pyridine rings is 1. The normalized spacial score (nSPS) is 12.8. The van der Waals surface area contributed by atoms with Crippen LogP contribution < -0.4 is 14.8 Å². The van der Waals surface area contributed by atoms with E-state index in [1.54, 1.807) is 32.6 Å². The number of nitriles is 1. The van der Waals surface area contributed by atoms with Gasteiger partial charge in [0, 0.05) is 23.3 Å². The number of rotatable bonds is 10. The van der Waals surface area contributed by atoms with E-state index in [9.17, 15) is 10.1 Å². The first-order valence-corrected chi connectivity index (χ1v) is 11.7. The van der Waals surface area contributed by atoms with E-state index in [-0.39, 0.29) is 11.6 Å². The molecule has 7 nitrogen and oxygen atoms in total. The number of allylic oxidation sites excluding steroid dienone is 2. The van der Waals surface area contributed by atoms with Crippen molar-refractivity contribution in [1.82, 2.24) is 15.3 Å². The Balaban J connectivity index is 1.86. The van der Waals surface area contributed by atoms with Crippen LogP contribution in [0.1, 0.15) is 62.8 Å². The second kappa shape index (κ2) is 11.9. The van der Waals surface area contributed by atoms with Crippen LogP contribution in [0, 0.1) is 11.3 Å². The number of benzene rings is 1. The number of ether oxygens (including phenoxy) is 2. The number of carbonyl (C=O) groups excluding carboxylic acids is 1. The molecule has 0 aliphatic carbocycles. The highest BCUT2D eigenvalue weighted by Crippen LogP contribution is 2.30. The molecular formula is C28H32N4O3. The van der Waals surface area contributed by atoms with Gasteiger partial charge in [0.05, 0.1) is 20.3 Å². The lowest BCUT2D eigenvalue weighted by Gasteiger charge is -2.16. The highest BCUT2D eigenvalue weighted by molar-refractivity contribution is 6.04. The average molecular weight is 473 g/mol. The van der Waals surface area contributed by atoms with Gasteiger partial charge in [-0.25, -0.2) is 4.98 Å². The van der Waals surface area contributed by atoms with Gasteiger partial charge >= 0.3 is 0 Å². The van der Waals surface area contributed by atoms with Crippen LogP contribution in [-0.2, 0) is 4.79 Å². The van der Waals surface area contributed by atoms with Gasteiger partial charge in [0.25, 0.3) is 5.91 Å². The molecule has 35 heavy (non-hydrogen) atoms. The molecule has 0 saturated heterocycles. The van der Waals surface area contributed by atoms with Crippen LogP contribution in [0.3, 0.4) is 0 Å². The van der Waals surface area contributed by atoms with Gasteiger partial charge < -0.3 is 19.8 Å². The van der Waals surface area contributed by atoms with E-state index in [1.165, 1.54) is 5.57 Å². The fraction of sp³-hybridized carbons (Fsp3) is 0.321. The van der Waals surface area contributed by atoms with E-state index < -0.39 is 5.91 Å². The van der Waals surface area contributed by atoms with Crippen LogP contribution in [0.15, 0.2) is 48.3 Å². The van der Waals surface area contributed by atoms with Crippen molar-refractivity contribution in [2.45, 2.75) is 46.1 Å². The van der Waals surface area contributed by atoms with Crippen LogP contribution in [0.5, 0.6) is 11.5 Å². The minimum absolute atomic E-state index is 0.0147. The highest BCUT2D eigenvalue weighted by Gasteiger charge is 2.17. The lowest BCUT2D eigenvalue weighted by molar-refractivity contribution is -0.117. The number of hydrogen-bond acceptors (Lipinski definition) is 5. The summed E-state index contributed by atoms with van der Waals surface area (Å²) in [5.74, 6) is 0.726. The standard InChI is InChI=1S/C28H32N4O3/c1-6-8-9-19(7-2)22-13-24-23(17-31-27(24)30-16-22)12-21(15-29)28(33)32-18(3)20-10-11-25(34-4)26(14-20)35-5/h7,10-14,16-18H,6,8-9H2,1-5H3,(H,30,31)(H,32,33)/b19-7+,21-12+/t18-/m1/s1. The van der Waals surface area contributed by atoms with Crippen LogP contribution >= 0.6 is 0 Å². The number of aromatic nitrogens is 2. The molecule has 182 valence electrons. The van der Waals surface area contributed by atoms with Gasteiger partial charge in [0.2, 0.25) is 0 Å². The first kappa shape index (κ1) is 25.6. The molecule has 0 aliphatic heterocycles. The van der Waals surface area contributed by atoms with Crippen molar-refractivity contribution in [3.8, 4) is 17.6 Å². The molecule has 2 heterocycles. The van der Waals surface area contributed by atoms with Crippen molar-refractivity contribution >= 4 is 28.6 Å². The number of unbranched alkanes of at least 4 members (excludes halogenated alkanes) is 1. The van der Waals surface area contributed by atoms with Gasteiger partial charge in [0.1, 0.15) is 17.3 Å². The Morgan fingerprint density at radius 1 is 1.26 bits per heavy atom. The number of aromatic amines is 1. The number of hydrogen-bond donors (Lipinski definition) is 2. The Labute approximate surface area is 206 Å². The van der Waals surface area contributed by atoms with Gasteiger partial charge in [-0.2, -0.15) is 5.26 Å². The Bertz CT molecular complexity index is 1300. The van der Waals surface area contributed by atoms with Crippen molar-refractivity contribution in [3.05, 3.63) is 65.0 Å². The van der Waals surface area contributed by atoms with Crippen molar-refractivity contribution in [1.29, 1.82) is 5.26 Å². The minimum atomic E-state index is -0.453. The van der Waals surface area contributed by atoms with E-state index in [4.69, 9.17) is 9.47 Å². The molecule has 2 N–H and O–H groups in total. The van der Waals surface area contributed by atoms with E-state index in [0.29, 0.717) is 17.1 Å². The smallest absolute Gasteiger partial charge is 0.262 e. The van der Waals surface area contributed by atoms with Crippen LogP contribution in [0.2, 0.25) is 0 Å². The van der Waals surface area contributed by atoms with Gasteiger partial charge in [-0.05, 0) is 67.7 Å². The predicted molar refractivity (Wildman–Crippen MR) is 139 cm³/mol. The summed E-state index contributed by atoms with van der Waals surface area (Å²) >= 11 is 0. The molecule has 1 atom stereocenters. The number of carbonyl (C=O) groups is 1. The fourth-order valence-electron chi connectivity index (χ4n) is 3.93. The van der Waals surface area contributed by atoms with Gasteiger partial charge in [-0.15, -0.1) is 0 Å². The summed E-state index contributed by atoms with van der Waals surface area (Å²) in [7, 11) is 3.13. The molecule has 3 rings (SSSR count). The number of nitrogens with one attached hydrogen (secondary N) is 2. The maximum atomic E-state index is 12.9. The molecule has 0 radical (unpaired) electrons. The lowest BCUT2D eigenvalue weighted by Crippen LogP contribution is -2.27. The van der Waals surface area contributed by atoms with Crippen molar-refractivity contribution in [3.63, 3.8) is 0 Å². The number of H-pyrrole nitrogens is 1. The lowest BCUT2D eigenvalue weighted by atomic mass is 10.00. The predicted octanol–water partition coefficient (Wildman–Crippen LogP) is 5.96. The monoisotopic (exact) mass is 472 g/mol. The third-order valence-electron chi connectivity index (χ3n) is 6.00. The minimum Gasteiger partial charge on any atom is -0.493 e. The van der Waals surface area contributed by atoms with Gasteiger partial charge in [-0.1, -0.05) is 25.5 Å². The van der Waals surface area contributed by atoms with E-state index in [0.717, 1.165) is 41.3 Å². The summed E-state index contributed by atoms with van der Waals surface area (Å²) in [4.78, 5) is 20.6. The molecular weight excluding hydrogens is 440 g/mol. The van der Waals surface area contributed by atoms with Gasteiger partial charge in [0.15, 0.2) is 11.5 Å². The second-order valence-corrected chi connectivity index (χ2v) is 8.26. The van der Waals surface area contributed by atoms with Crippen molar-refractivity contribution < 1.29 is 14.3 Å². The van der Waals surface area contributed by atoms with Crippen LogP contribution in [-0.4, -0.2) is 30.1 Å². The largest absolute Gasteiger partial charge is 0.493 e. The molecule has 3 aromatic rings. The second-order valence-electron chi connectivity index (χ2n) is 8.26. The Hall–Kier alpha value is -4.05. The van der Waals surface area contributed by atoms with Crippen molar-refractivity contribution in [2.24, 2.45) is 0 Å². The molecule has 7 heteroatoms. The molecule has 1 amide bonds. The Kier molecular flexibility index (Phi) is 8.69. The van der Waals surface area contributed by atoms with E-state index in [2.05, 4.69) is 34.4 Å². The maximum Gasteiger partial charge on any atom is 0.262 e. The summed E-state index contributed by atoms with van der Waals surface area (Å²) in [6, 6.07) is 9.21. The van der Waals surface area contributed by atoms with Crippen molar-refractivity contribution in [2.75, 3.05) is 14.2 Å². The third-order valence-corrected chi connectivity index (χ3v) is 6.00.